The quantitative estimate of drug-likeness (QED) is 0.524. The summed E-state index contributed by atoms with van der Waals surface area (Å²) in [6, 6.07) is 6.18. The van der Waals surface area contributed by atoms with Crippen LogP contribution < -0.4 is 5.32 Å². The molecule has 1 saturated heterocycles. The maximum absolute atomic E-state index is 12.5. The van der Waals surface area contributed by atoms with E-state index in [1.165, 1.54) is 25.0 Å². The summed E-state index contributed by atoms with van der Waals surface area (Å²) in [4.78, 5) is 37.8. The Morgan fingerprint density at radius 1 is 1.08 bits per heavy atom. The molecule has 2 aromatic carbocycles. The number of hydrogen-bond acceptors (Lipinski definition) is 5. The Bertz CT molecular complexity index is 916. The van der Waals surface area contributed by atoms with E-state index in [9.17, 15) is 19.7 Å². The Hall–Kier alpha value is -2.80. The number of carbonyl (C=O) groups is 2. The Morgan fingerprint density at radius 3 is 2.56 bits per heavy atom. The first-order valence-corrected chi connectivity index (χ1v) is 8.37. The van der Waals surface area contributed by atoms with Crippen LogP contribution in [0.15, 0.2) is 24.3 Å². The van der Waals surface area contributed by atoms with Gasteiger partial charge in [0.15, 0.2) is 0 Å². The second-order valence-corrected chi connectivity index (χ2v) is 6.49. The molecule has 2 heterocycles. The molecule has 0 unspecified atom stereocenters. The van der Waals surface area contributed by atoms with Gasteiger partial charge in [-0.25, -0.2) is 0 Å². The molecule has 0 saturated carbocycles. The molecular weight excluding hydrogens is 322 g/mol. The van der Waals surface area contributed by atoms with Gasteiger partial charge in [-0.3, -0.25) is 25.0 Å². The van der Waals surface area contributed by atoms with Crippen molar-refractivity contribution in [2.45, 2.75) is 19.3 Å². The van der Waals surface area contributed by atoms with Crippen LogP contribution in [0.25, 0.3) is 10.8 Å². The summed E-state index contributed by atoms with van der Waals surface area (Å²) < 4.78 is 0. The van der Waals surface area contributed by atoms with Crippen LogP contribution in [0.3, 0.4) is 0 Å². The van der Waals surface area contributed by atoms with Crippen molar-refractivity contribution in [1.82, 2.24) is 10.2 Å². The zero-order valence-electron chi connectivity index (χ0n) is 13.6. The van der Waals surface area contributed by atoms with Crippen LogP contribution in [-0.4, -0.2) is 41.3 Å². The summed E-state index contributed by atoms with van der Waals surface area (Å²) in [5, 5.41) is 14.4. The van der Waals surface area contributed by atoms with Crippen LogP contribution in [0.2, 0.25) is 0 Å². The van der Waals surface area contributed by atoms with Gasteiger partial charge in [0.1, 0.15) is 0 Å². The molecule has 0 aromatic heterocycles. The zero-order valence-corrected chi connectivity index (χ0v) is 13.6. The molecule has 2 amide bonds. The first-order valence-electron chi connectivity index (χ1n) is 8.37. The van der Waals surface area contributed by atoms with Gasteiger partial charge in [-0.2, -0.15) is 0 Å². The fourth-order valence-corrected chi connectivity index (χ4v) is 3.81. The van der Waals surface area contributed by atoms with Crippen molar-refractivity contribution in [1.29, 1.82) is 0 Å². The highest BCUT2D eigenvalue weighted by Crippen LogP contribution is 2.35. The molecule has 4 rings (SSSR count). The van der Waals surface area contributed by atoms with Gasteiger partial charge in [0, 0.05) is 23.6 Å². The van der Waals surface area contributed by atoms with E-state index in [0.717, 1.165) is 25.2 Å². The van der Waals surface area contributed by atoms with Crippen molar-refractivity contribution in [2.75, 3.05) is 19.6 Å². The minimum atomic E-state index is -0.505. The lowest BCUT2D eigenvalue weighted by molar-refractivity contribution is -0.383. The van der Waals surface area contributed by atoms with Gasteiger partial charge in [-0.05, 0) is 50.0 Å². The third-order valence-electron chi connectivity index (χ3n) is 5.04. The predicted molar refractivity (Wildman–Crippen MR) is 91.8 cm³/mol. The fraction of sp³-hybridized carbons (Fsp3) is 0.333. The van der Waals surface area contributed by atoms with E-state index in [2.05, 4.69) is 10.2 Å². The lowest BCUT2D eigenvalue weighted by atomic mass is 9.89. The number of carbonyl (C=O) groups excluding carboxylic acids is 2. The number of non-ortho nitro benzene ring substituents is 1. The second-order valence-electron chi connectivity index (χ2n) is 6.49. The fourth-order valence-electron chi connectivity index (χ4n) is 3.81. The van der Waals surface area contributed by atoms with Crippen molar-refractivity contribution in [2.24, 2.45) is 0 Å². The van der Waals surface area contributed by atoms with Crippen LogP contribution in [0.1, 0.15) is 39.1 Å². The molecule has 0 aliphatic carbocycles. The highest BCUT2D eigenvalue weighted by molar-refractivity contribution is 6.27. The zero-order chi connectivity index (χ0) is 17.6. The van der Waals surface area contributed by atoms with E-state index in [0.29, 0.717) is 28.3 Å². The van der Waals surface area contributed by atoms with Crippen LogP contribution in [-0.2, 0) is 6.42 Å². The number of nitrogens with one attached hydrogen (secondary N) is 1. The van der Waals surface area contributed by atoms with Gasteiger partial charge in [0.2, 0.25) is 0 Å². The van der Waals surface area contributed by atoms with E-state index in [1.54, 1.807) is 12.1 Å². The number of benzene rings is 2. The van der Waals surface area contributed by atoms with E-state index in [-0.39, 0.29) is 5.69 Å². The topological polar surface area (TPSA) is 92.6 Å². The van der Waals surface area contributed by atoms with Gasteiger partial charge in [-0.1, -0.05) is 6.07 Å². The number of nitro groups is 1. The number of nitro benzene ring substituents is 1. The maximum Gasteiger partial charge on any atom is 0.277 e. The number of hydrogen-bond donors (Lipinski definition) is 1. The summed E-state index contributed by atoms with van der Waals surface area (Å²) in [5.74, 6) is -0.978. The lowest BCUT2D eigenvalue weighted by Crippen LogP contribution is -2.36. The molecule has 2 aromatic rings. The van der Waals surface area contributed by atoms with Gasteiger partial charge in [-0.15, -0.1) is 0 Å². The van der Waals surface area contributed by atoms with Crippen LogP contribution in [0.4, 0.5) is 5.69 Å². The Morgan fingerprint density at radius 2 is 1.84 bits per heavy atom. The molecule has 1 fully saturated rings. The molecule has 2 aliphatic heterocycles. The molecule has 0 spiro atoms. The van der Waals surface area contributed by atoms with E-state index >= 15 is 0 Å². The normalized spacial score (nSPS) is 17.1. The minimum absolute atomic E-state index is 0.0893. The first-order chi connectivity index (χ1) is 12.1. The van der Waals surface area contributed by atoms with Crippen molar-refractivity contribution >= 4 is 28.3 Å². The lowest BCUT2D eigenvalue weighted by Gasteiger charge is -2.21. The Labute approximate surface area is 143 Å². The molecule has 0 atom stereocenters. The van der Waals surface area contributed by atoms with Crippen molar-refractivity contribution in [3.8, 4) is 0 Å². The maximum atomic E-state index is 12.5. The molecule has 25 heavy (non-hydrogen) atoms. The highest BCUT2D eigenvalue weighted by Gasteiger charge is 2.30. The van der Waals surface area contributed by atoms with Gasteiger partial charge >= 0.3 is 0 Å². The third kappa shape index (κ3) is 2.56. The monoisotopic (exact) mass is 339 g/mol. The molecule has 0 bridgehead atoms. The largest absolute Gasteiger partial charge is 0.303 e. The molecule has 0 radical (unpaired) electrons. The summed E-state index contributed by atoms with van der Waals surface area (Å²) in [6.07, 6.45) is 3.06. The summed E-state index contributed by atoms with van der Waals surface area (Å²) in [6.45, 7) is 2.96. The van der Waals surface area contributed by atoms with Gasteiger partial charge in [0.05, 0.1) is 15.9 Å². The molecule has 7 nitrogen and oxygen atoms in total. The van der Waals surface area contributed by atoms with E-state index < -0.39 is 16.7 Å². The second kappa shape index (κ2) is 5.93. The Kier molecular flexibility index (Phi) is 3.73. The van der Waals surface area contributed by atoms with E-state index in [1.807, 2.05) is 0 Å². The van der Waals surface area contributed by atoms with Crippen LogP contribution >= 0.6 is 0 Å². The van der Waals surface area contributed by atoms with Gasteiger partial charge < -0.3 is 4.90 Å². The standard InChI is InChI=1S/C18H17N3O4/c22-17-13-5-6-14(21(24)25)12-4-3-11(7-10-20-8-1-2-9-20)15(16(12)13)18(23)19-17/h3-6H,1-2,7-10H2,(H,19,22,23). The van der Waals surface area contributed by atoms with Crippen LogP contribution in [0, 0.1) is 10.1 Å². The number of imide groups is 1. The number of likely N-dealkylation sites (tertiary alicyclic amines) is 1. The SMILES string of the molecule is O=C1NC(=O)c2c(CCN3CCCC3)ccc3c([N+](=O)[O-])ccc1c23. The number of amides is 2. The van der Waals surface area contributed by atoms with Crippen molar-refractivity contribution < 1.29 is 14.5 Å². The van der Waals surface area contributed by atoms with Gasteiger partial charge in [0.25, 0.3) is 17.5 Å². The van der Waals surface area contributed by atoms with Crippen molar-refractivity contribution in [3.05, 3.63) is 51.1 Å². The predicted octanol–water partition coefficient (Wildman–Crippen LogP) is 2.27. The first kappa shape index (κ1) is 15.7. The molecule has 1 N–H and O–H groups in total. The average Bonchev–Trinajstić information content (AvgIpc) is 3.10. The average molecular weight is 339 g/mol. The molecule has 2 aliphatic rings. The van der Waals surface area contributed by atoms with E-state index in [4.69, 9.17) is 0 Å². The smallest absolute Gasteiger partial charge is 0.277 e. The summed E-state index contributed by atoms with van der Waals surface area (Å²) in [7, 11) is 0. The number of rotatable bonds is 4. The number of nitrogens with zero attached hydrogens (tertiary/aromatic N) is 2. The van der Waals surface area contributed by atoms with Crippen LogP contribution in [0.5, 0.6) is 0 Å². The minimum Gasteiger partial charge on any atom is -0.303 e. The summed E-state index contributed by atoms with van der Waals surface area (Å²) in [5.41, 5.74) is 1.45. The molecular formula is C18H17N3O4. The van der Waals surface area contributed by atoms with Crippen molar-refractivity contribution in [3.63, 3.8) is 0 Å². The summed E-state index contributed by atoms with van der Waals surface area (Å²) >= 11 is 0. The molecule has 128 valence electrons. The highest BCUT2D eigenvalue weighted by atomic mass is 16.6. The Balaban J connectivity index is 1.86. The third-order valence-corrected chi connectivity index (χ3v) is 5.04. The molecule has 7 heteroatoms.